The van der Waals surface area contributed by atoms with Crippen LogP contribution in [0.4, 0.5) is 0 Å². The van der Waals surface area contributed by atoms with Crippen LogP contribution in [0.3, 0.4) is 0 Å². The van der Waals surface area contributed by atoms with Gasteiger partial charge >= 0.3 is 0 Å². The number of amides is 1. The lowest BCUT2D eigenvalue weighted by Gasteiger charge is -2.04. The highest BCUT2D eigenvalue weighted by molar-refractivity contribution is 8.15. The van der Waals surface area contributed by atoms with Crippen molar-refractivity contribution < 1.29 is 9.21 Å². The first-order valence-electron chi connectivity index (χ1n) is 8.66. The number of rotatable bonds is 5. The van der Waals surface area contributed by atoms with Crippen LogP contribution in [0.2, 0.25) is 5.02 Å². The van der Waals surface area contributed by atoms with Gasteiger partial charge in [-0.15, -0.1) is 5.10 Å². The third-order valence-electron chi connectivity index (χ3n) is 4.14. The molecule has 1 aromatic heterocycles. The zero-order valence-electron chi connectivity index (χ0n) is 14.7. The molecule has 4 rings (SSSR count). The predicted octanol–water partition coefficient (Wildman–Crippen LogP) is 4.76. The molecule has 0 spiro atoms. The second-order valence-corrected chi connectivity index (χ2v) is 7.72. The standard InChI is InChI=1S/C21H16ClN3O2S/c22-17-9-5-4-8-16(17)18-11-10-15(27-18)13-23-25-21-24-20(26)19(28-21)12-14-6-2-1-3-7-14/h1-11,13,19H,12H2,(H,24,25,26)/b23-13+. The molecule has 1 aliphatic heterocycles. The maximum absolute atomic E-state index is 12.1. The Bertz CT molecular complexity index is 1050. The molecule has 5 nitrogen and oxygen atoms in total. The minimum absolute atomic E-state index is 0.0539. The fourth-order valence-corrected chi connectivity index (χ4v) is 3.97. The smallest absolute Gasteiger partial charge is 0.239 e. The topological polar surface area (TPSA) is 67.0 Å². The average Bonchev–Trinajstić information content (AvgIpc) is 3.30. The van der Waals surface area contributed by atoms with Gasteiger partial charge in [-0.1, -0.05) is 65.8 Å². The summed E-state index contributed by atoms with van der Waals surface area (Å²) in [6.07, 6.45) is 2.16. The lowest BCUT2D eigenvalue weighted by Crippen LogP contribution is -2.25. The van der Waals surface area contributed by atoms with Crippen LogP contribution in [0.1, 0.15) is 11.3 Å². The highest BCUT2D eigenvalue weighted by atomic mass is 35.5. The van der Waals surface area contributed by atoms with Gasteiger partial charge in [-0.25, -0.2) is 0 Å². The summed E-state index contributed by atoms with van der Waals surface area (Å²) in [5.41, 5.74) is 1.93. The van der Waals surface area contributed by atoms with Crippen molar-refractivity contribution >= 4 is 40.7 Å². The quantitative estimate of drug-likeness (QED) is 0.487. The molecule has 0 bridgehead atoms. The summed E-state index contributed by atoms with van der Waals surface area (Å²) >= 11 is 7.57. The number of hydrogen-bond acceptors (Lipinski definition) is 5. The van der Waals surface area contributed by atoms with Crippen molar-refractivity contribution in [3.8, 4) is 11.3 Å². The third-order valence-corrected chi connectivity index (χ3v) is 5.54. The summed E-state index contributed by atoms with van der Waals surface area (Å²) in [6, 6.07) is 21.0. The van der Waals surface area contributed by atoms with Gasteiger partial charge in [0.15, 0.2) is 5.17 Å². The number of nitrogens with one attached hydrogen (secondary N) is 1. The summed E-state index contributed by atoms with van der Waals surface area (Å²) in [7, 11) is 0. The summed E-state index contributed by atoms with van der Waals surface area (Å²) in [4.78, 5) is 12.1. The molecule has 1 N–H and O–H groups in total. The van der Waals surface area contributed by atoms with Crippen LogP contribution in [0.5, 0.6) is 0 Å². The van der Waals surface area contributed by atoms with E-state index in [-0.39, 0.29) is 11.2 Å². The van der Waals surface area contributed by atoms with Gasteiger partial charge in [-0.2, -0.15) is 5.10 Å². The van der Waals surface area contributed by atoms with Gasteiger partial charge in [0.25, 0.3) is 0 Å². The molecule has 0 aliphatic carbocycles. The Morgan fingerprint density at radius 3 is 2.68 bits per heavy atom. The van der Waals surface area contributed by atoms with Gasteiger partial charge < -0.3 is 9.73 Å². The Morgan fingerprint density at radius 2 is 1.86 bits per heavy atom. The zero-order chi connectivity index (χ0) is 19.3. The highest BCUT2D eigenvalue weighted by Crippen LogP contribution is 2.28. The van der Waals surface area contributed by atoms with E-state index in [2.05, 4.69) is 15.5 Å². The summed E-state index contributed by atoms with van der Waals surface area (Å²) in [5, 5.41) is 11.8. The number of carbonyl (C=O) groups is 1. The number of halogens is 1. The van der Waals surface area contributed by atoms with Gasteiger partial charge in [-0.3, -0.25) is 4.79 Å². The van der Waals surface area contributed by atoms with E-state index in [1.807, 2.05) is 60.7 Å². The van der Waals surface area contributed by atoms with Crippen LogP contribution in [0.25, 0.3) is 11.3 Å². The zero-order valence-corrected chi connectivity index (χ0v) is 16.3. The lowest BCUT2D eigenvalue weighted by atomic mass is 10.1. The van der Waals surface area contributed by atoms with E-state index in [4.69, 9.17) is 16.0 Å². The second-order valence-electron chi connectivity index (χ2n) is 6.12. The number of amidine groups is 1. The molecular formula is C21H16ClN3O2S. The molecule has 0 radical (unpaired) electrons. The van der Waals surface area contributed by atoms with Crippen LogP contribution >= 0.6 is 23.4 Å². The first-order valence-corrected chi connectivity index (χ1v) is 9.92. The van der Waals surface area contributed by atoms with Crippen molar-refractivity contribution in [3.63, 3.8) is 0 Å². The molecule has 7 heteroatoms. The van der Waals surface area contributed by atoms with E-state index in [0.29, 0.717) is 28.1 Å². The summed E-state index contributed by atoms with van der Waals surface area (Å²) in [6.45, 7) is 0. The molecule has 2 heterocycles. The van der Waals surface area contributed by atoms with Crippen molar-refractivity contribution in [1.82, 2.24) is 5.32 Å². The average molecular weight is 410 g/mol. The minimum atomic E-state index is -0.202. The Morgan fingerprint density at radius 1 is 1.07 bits per heavy atom. The van der Waals surface area contributed by atoms with E-state index in [1.54, 1.807) is 6.07 Å². The Kier molecular flexibility index (Phi) is 5.60. The van der Waals surface area contributed by atoms with Gasteiger partial charge in [0, 0.05) is 5.56 Å². The number of carbonyl (C=O) groups excluding carboxylic acids is 1. The van der Waals surface area contributed by atoms with Crippen LogP contribution in [0, 0.1) is 0 Å². The number of hydrogen-bond donors (Lipinski definition) is 1. The van der Waals surface area contributed by atoms with Crippen molar-refractivity contribution in [2.24, 2.45) is 10.2 Å². The molecule has 1 atom stereocenters. The molecule has 140 valence electrons. The number of benzene rings is 2. The highest BCUT2D eigenvalue weighted by Gasteiger charge is 2.30. The van der Waals surface area contributed by atoms with Crippen molar-refractivity contribution in [2.75, 3.05) is 0 Å². The summed E-state index contributed by atoms with van der Waals surface area (Å²) in [5.74, 6) is 1.16. The predicted molar refractivity (Wildman–Crippen MR) is 114 cm³/mol. The number of furan rings is 1. The summed E-state index contributed by atoms with van der Waals surface area (Å²) < 4.78 is 5.74. The number of nitrogens with zero attached hydrogens (tertiary/aromatic N) is 2. The van der Waals surface area contributed by atoms with Gasteiger partial charge in [0.2, 0.25) is 5.91 Å². The molecule has 1 saturated heterocycles. The maximum atomic E-state index is 12.1. The van der Waals surface area contributed by atoms with E-state index in [9.17, 15) is 4.79 Å². The molecule has 3 aromatic rings. The van der Waals surface area contributed by atoms with Crippen LogP contribution in [-0.4, -0.2) is 22.5 Å². The Balaban J connectivity index is 1.40. The minimum Gasteiger partial charge on any atom is -0.455 e. The lowest BCUT2D eigenvalue weighted by molar-refractivity contribution is -0.118. The normalized spacial score (nSPS) is 18.1. The van der Waals surface area contributed by atoms with Crippen LogP contribution in [-0.2, 0) is 11.2 Å². The van der Waals surface area contributed by atoms with Crippen LogP contribution < -0.4 is 5.32 Å². The maximum Gasteiger partial charge on any atom is 0.239 e. The van der Waals surface area contributed by atoms with Gasteiger partial charge in [-0.05, 0) is 36.2 Å². The largest absolute Gasteiger partial charge is 0.455 e. The number of thioether (sulfide) groups is 1. The third kappa shape index (κ3) is 4.35. The van der Waals surface area contributed by atoms with E-state index >= 15 is 0 Å². The monoisotopic (exact) mass is 409 g/mol. The molecule has 0 saturated carbocycles. The molecule has 1 aliphatic rings. The molecule has 1 fully saturated rings. The van der Waals surface area contributed by atoms with Crippen LogP contribution in [0.15, 0.2) is 81.4 Å². The van der Waals surface area contributed by atoms with Crippen molar-refractivity contribution in [3.05, 3.63) is 83.1 Å². The van der Waals surface area contributed by atoms with Crippen molar-refractivity contribution in [1.29, 1.82) is 0 Å². The molecular weight excluding hydrogens is 394 g/mol. The molecule has 2 aromatic carbocycles. The Hall–Kier alpha value is -2.83. The fourth-order valence-electron chi connectivity index (χ4n) is 2.78. The SMILES string of the molecule is O=C1N/C(=N\N=C\c2ccc(-c3ccccc3Cl)o2)SC1Cc1ccccc1. The molecule has 1 unspecified atom stereocenters. The Labute approximate surface area is 171 Å². The second kappa shape index (κ2) is 8.46. The fraction of sp³-hybridized carbons (Fsp3) is 0.0952. The van der Waals surface area contributed by atoms with E-state index in [0.717, 1.165) is 11.1 Å². The van der Waals surface area contributed by atoms with E-state index in [1.165, 1.54) is 18.0 Å². The van der Waals surface area contributed by atoms with Crippen molar-refractivity contribution in [2.45, 2.75) is 11.7 Å². The molecule has 1 amide bonds. The first-order chi connectivity index (χ1) is 13.7. The van der Waals surface area contributed by atoms with E-state index < -0.39 is 0 Å². The molecule has 28 heavy (non-hydrogen) atoms. The van der Waals surface area contributed by atoms with Gasteiger partial charge in [0.1, 0.15) is 11.5 Å². The first kappa shape index (κ1) is 18.5. The van der Waals surface area contributed by atoms with Gasteiger partial charge in [0.05, 0.1) is 16.5 Å².